The molecule has 0 aromatic rings. The van der Waals surface area contributed by atoms with Crippen molar-refractivity contribution in [1.82, 2.24) is 0 Å². The van der Waals surface area contributed by atoms with E-state index in [1.807, 2.05) is 0 Å². The molecular formula is C11H23O3P. The molecule has 1 aliphatic heterocycles. The van der Waals surface area contributed by atoms with Crippen LogP contribution in [-0.4, -0.2) is 19.8 Å². The lowest BCUT2D eigenvalue weighted by Crippen LogP contribution is -2.07. The van der Waals surface area contributed by atoms with E-state index in [1.165, 1.54) is 32.1 Å². The minimum absolute atomic E-state index is 0.790. The lowest BCUT2D eigenvalue weighted by atomic mass is 10.1. The van der Waals surface area contributed by atoms with E-state index in [4.69, 9.17) is 13.6 Å². The first-order chi connectivity index (χ1) is 7.43. The number of hydrogen-bond acceptors (Lipinski definition) is 3. The summed E-state index contributed by atoms with van der Waals surface area (Å²) in [4.78, 5) is 0. The predicted molar refractivity (Wildman–Crippen MR) is 62.8 cm³/mol. The zero-order valence-electron chi connectivity index (χ0n) is 9.74. The summed E-state index contributed by atoms with van der Waals surface area (Å²) in [5.74, 6) is 0. The van der Waals surface area contributed by atoms with Crippen molar-refractivity contribution < 1.29 is 13.6 Å². The highest BCUT2D eigenvalue weighted by atomic mass is 31.2. The Balaban J connectivity index is 1.79. The van der Waals surface area contributed by atoms with E-state index in [1.54, 1.807) is 0 Å². The lowest BCUT2D eigenvalue weighted by molar-refractivity contribution is 0.114. The van der Waals surface area contributed by atoms with Gasteiger partial charge in [-0.05, 0) is 12.8 Å². The van der Waals surface area contributed by atoms with Crippen LogP contribution in [0.4, 0.5) is 0 Å². The number of unbranched alkanes of at least 4 members (excludes halogenated alkanes) is 5. The highest BCUT2D eigenvalue weighted by Gasteiger charge is 2.15. The summed E-state index contributed by atoms with van der Waals surface area (Å²) >= 11 is 0. The van der Waals surface area contributed by atoms with Gasteiger partial charge in [0.2, 0.25) is 0 Å². The maximum Gasteiger partial charge on any atom is 0.332 e. The molecule has 1 rings (SSSR count). The van der Waals surface area contributed by atoms with Gasteiger partial charge in [0.1, 0.15) is 0 Å². The molecule has 15 heavy (non-hydrogen) atoms. The summed E-state index contributed by atoms with van der Waals surface area (Å²) in [5.41, 5.74) is 0. The van der Waals surface area contributed by atoms with Crippen molar-refractivity contribution in [2.45, 2.75) is 51.9 Å². The second kappa shape index (κ2) is 9.53. The Labute approximate surface area is 94.5 Å². The Hall–Kier alpha value is 0.310. The van der Waals surface area contributed by atoms with Gasteiger partial charge in [0, 0.05) is 0 Å². The van der Waals surface area contributed by atoms with E-state index in [0.29, 0.717) is 0 Å². The Kier molecular flexibility index (Phi) is 8.50. The monoisotopic (exact) mass is 234 g/mol. The van der Waals surface area contributed by atoms with Crippen LogP contribution in [0.2, 0.25) is 0 Å². The van der Waals surface area contributed by atoms with E-state index in [-0.39, 0.29) is 0 Å². The third-order valence-corrected chi connectivity index (χ3v) is 3.56. The summed E-state index contributed by atoms with van der Waals surface area (Å²) in [6.45, 7) is 4.62. The Morgan fingerprint density at radius 3 is 2.40 bits per heavy atom. The molecule has 0 aromatic heterocycles. The van der Waals surface area contributed by atoms with Crippen LogP contribution in [0, 0.1) is 0 Å². The first-order valence-corrected chi connectivity index (χ1v) is 7.22. The van der Waals surface area contributed by atoms with Crippen LogP contribution >= 0.6 is 8.60 Å². The molecule has 3 nitrogen and oxygen atoms in total. The lowest BCUT2D eigenvalue weighted by Gasteiger charge is -2.20. The quantitative estimate of drug-likeness (QED) is 0.469. The Bertz CT molecular complexity index is 138. The third-order valence-electron chi connectivity index (χ3n) is 2.38. The predicted octanol–water partition coefficient (Wildman–Crippen LogP) is 4.03. The van der Waals surface area contributed by atoms with Gasteiger partial charge in [-0.2, -0.15) is 0 Å². The van der Waals surface area contributed by atoms with Gasteiger partial charge in [0.25, 0.3) is 0 Å². The van der Waals surface area contributed by atoms with Crippen molar-refractivity contribution in [2.75, 3.05) is 19.8 Å². The van der Waals surface area contributed by atoms with E-state index < -0.39 is 8.60 Å². The molecule has 0 amide bonds. The fraction of sp³-hybridized carbons (Fsp3) is 1.00. The van der Waals surface area contributed by atoms with E-state index in [2.05, 4.69) is 6.92 Å². The van der Waals surface area contributed by atoms with Crippen LogP contribution in [0.25, 0.3) is 0 Å². The van der Waals surface area contributed by atoms with Gasteiger partial charge in [-0.15, -0.1) is 0 Å². The zero-order chi connectivity index (χ0) is 10.8. The van der Waals surface area contributed by atoms with Crippen LogP contribution in [0.5, 0.6) is 0 Å². The molecule has 0 aromatic carbocycles. The van der Waals surface area contributed by atoms with Gasteiger partial charge in [0.05, 0.1) is 19.8 Å². The van der Waals surface area contributed by atoms with E-state index in [9.17, 15) is 0 Å². The summed E-state index contributed by atoms with van der Waals surface area (Å²) in [6, 6.07) is 0. The average Bonchev–Trinajstić information content (AvgIpc) is 2.29. The fourth-order valence-electron chi connectivity index (χ4n) is 1.47. The van der Waals surface area contributed by atoms with Crippen LogP contribution in [0.15, 0.2) is 0 Å². The van der Waals surface area contributed by atoms with Crippen molar-refractivity contribution >= 4 is 8.60 Å². The first-order valence-electron chi connectivity index (χ1n) is 6.12. The summed E-state index contributed by atoms with van der Waals surface area (Å²) in [7, 11) is -0.999. The van der Waals surface area contributed by atoms with Crippen molar-refractivity contribution in [1.29, 1.82) is 0 Å². The molecule has 0 N–H and O–H groups in total. The average molecular weight is 234 g/mol. The van der Waals surface area contributed by atoms with Crippen LogP contribution in [0.3, 0.4) is 0 Å². The molecule has 0 aliphatic carbocycles. The number of hydrogen-bond donors (Lipinski definition) is 0. The van der Waals surface area contributed by atoms with Gasteiger partial charge in [0.15, 0.2) is 0 Å². The molecule has 4 heteroatoms. The van der Waals surface area contributed by atoms with E-state index >= 15 is 0 Å². The summed E-state index contributed by atoms with van der Waals surface area (Å²) in [6.07, 6.45) is 8.76. The molecule has 1 fully saturated rings. The van der Waals surface area contributed by atoms with Crippen molar-refractivity contribution in [3.8, 4) is 0 Å². The van der Waals surface area contributed by atoms with Gasteiger partial charge >= 0.3 is 8.60 Å². The Morgan fingerprint density at radius 2 is 1.67 bits per heavy atom. The van der Waals surface area contributed by atoms with Crippen molar-refractivity contribution in [2.24, 2.45) is 0 Å². The van der Waals surface area contributed by atoms with Crippen LogP contribution in [-0.2, 0) is 13.6 Å². The molecule has 0 spiro atoms. The molecule has 90 valence electrons. The molecule has 1 saturated heterocycles. The summed E-state index contributed by atoms with van der Waals surface area (Å²) < 4.78 is 16.2. The molecule has 0 bridgehead atoms. The fourth-order valence-corrected chi connectivity index (χ4v) is 2.53. The highest BCUT2D eigenvalue weighted by Crippen LogP contribution is 2.42. The molecule has 0 atom stereocenters. The van der Waals surface area contributed by atoms with Crippen LogP contribution < -0.4 is 0 Å². The standard InChI is InChI=1S/C11H23O3P/c1-2-3-4-5-6-7-9-12-15-13-10-8-11-14-15/h2-11H2,1H3. The molecule has 1 aliphatic rings. The summed E-state index contributed by atoms with van der Waals surface area (Å²) in [5, 5.41) is 0. The van der Waals surface area contributed by atoms with E-state index in [0.717, 1.165) is 32.7 Å². The van der Waals surface area contributed by atoms with Gasteiger partial charge < -0.3 is 13.6 Å². The SMILES string of the molecule is CCCCCCCCOP1OCCCO1. The normalized spacial score (nSPS) is 18.2. The second-order valence-electron chi connectivity index (χ2n) is 3.84. The highest BCUT2D eigenvalue weighted by molar-refractivity contribution is 7.41. The maximum absolute atomic E-state index is 5.51. The third kappa shape index (κ3) is 7.24. The zero-order valence-corrected chi connectivity index (χ0v) is 10.6. The van der Waals surface area contributed by atoms with Crippen LogP contribution in [0.1, 0.15) is 51.9 Å². The minimum Gasteiger partial charge on any atom is -0.312 e. The first kappa shape index (κ1) is 13.4. The molecular weight excluding hydrogens is 211 g/mol. The second-order valence-corrected chi connectivity index (χ2v) is 5.07. The number of rotatable bonds is 8. The molecule has 0 saturated carbocycles. The maximum atomic E-state index is 5.51. The van der Waals surface area contributed by atoms with Gasteiger partial charge in [-0.25, -0.2) is 0 Å². The molecule has 0 unspecified atom stereocenters. The molecule has 1 heterocycles. The largest absolute Gasteiger partial charge is 0.332 e. The smallest absolute Gasteiger partial charge is 0.312 e. The Morgan fingerprint density at radius 1 is 1.00 bits per heavy atom. The van der Waals surface area contributed by atoms with Crippen molar-refractivity contribution in [3.05, 3.63) is 0 Å². The van der Waals surface area contributed by atoms with Gasteiger partial charge in [-0.3, -0.25) is 0 Å². The van der Waals surface area contributed by atoms with Gasteiger partial charge in [-0.1, -0.05) is 39.0 Å². The van der Waals surface area contributed by atoms with Crippen molar-refractivity contribution in [3.63, 3.8) is 0 Å². The molecule has 0 radical (unpaired) electrons. The topological polar surface area (TPSA) is 27.7 Å². The minimum atomic E-state index is -0.999.